The molecule has 1 saturated carbocycles. The topological polar surface area (TPSA) is 85.2 Å². The Labute approximate surface area is 159 Å². The summed E-state index contributed by atoms with van der Waals surface area (Å²) in [5, 5.41) is 9.92. The van der Waals surface area contributed by atoms with Gasteiger partial charge in [0.1, 0.15) is 12.6 Å². The molecule has 0 aliphatic heterocycles. The lowest BCUT2D eigenvalue weighted by Gasteiger charge is -2.12. The second-order valence-electron chi connectivity index (χ2n) is 6.90. The molecule has 1 unspecified atom stereocenters. The van der Waals surface area contributed by atoms with Crippen LogP contribution in [-0.4, -0.2) is 33.7 Å². The van der Waals surface area contributed by atoms with Gasteiger partial charge in [-0.15, -0.1) is 0 Å². The summed E-state index contributed by atoms with van der Waals surface area (Å²) in [6, 6.07) is 9.98. The van der Waals surface area contributed by atoms with E-state index in [0.29, 0.717) is 12.3 Å². The first kappa shape index (κ1) is 19.1. The lowest BCUT2D eigenvalue weighted by molar-refractivity contribution is -0.127. The van der Waals surface area contributed by atoms with Crippen molar-refractivity contribution >= 4 is 17.5 Å². The Morgan fingerprint density at radius 2 is 2.00 bits per heavy atom. The van der Waals surface area contributed by atoms with Gasteiger partial charge < -0.3 is 15.4 Å². The molecule has 144 valence electrons. The van der Waals surface area contributed by atoms with Gasteiger partial charge in [-0.25, -0.2) is 0 Å². The number of carbonyl (C=O) groups is 2. The van der Waals surface area contributed by atoms with Crippen LogP contribution in [-0.2, 0) is 27.5 Å². The molecule has 1 aromatic heterocycles. The van der Waals surface area contributed by atoms with Crippen LogP contribution in [0.25, 0.3) is 0 Å². The van der Waals surface area contributed by atoms with E-state index in [2.05, 4.69) is 15.7 Å². The van der Waals surface area contributed by atoms with Crippen molar-refractivity contribution in [1.29, 1.82) is 0 Å². The molecular formula is C20H26N4O3. The molecule has 0 bridgehead atoms. The highest BCUT2D eigenvalue weighted by Crippen LogP contribution is 2.17. The summed E-state index contributed by atoms with van der Waals surface area (Å²) in [6.45, 7) is 2.22. The first-order chi connectivity index (χ1) is 13.1. The minimum atomic E-state index is -0.598. The molecule has 7 heteroatoms. The normalized spacial score (nSPS) is 15.4. The number of rotatable bonds is 8. The second-order valence-corrected chi connectivity index (χ2v) is 6.90. The molecule has 1 aliphatic carbocycles. The third-order valence-electron chi connectivity index (χ3n) is 4.64. The molecule has 0 spiro atoms. The molecule has 1 heterocycles. The molecule has 2 aromatic rings. The Kier molecular flexibility index (Phi) is 6.59. The number of nitrogens with zero attached hydrogens (tertiary/aromatic N) is 2. The number of amides is 2. The van der Waals surface area contributed by atoms with E-state index in [1.54, 1.807) is 13.1 Å². The van der Waals surface area contributed by atoms with Crippen molar-refractivity contribution in [3.05, 3.63) is 48.3 Å². The first-order valence-corrected chi connectivity index (χ1v) is 9.38. The van der Waals surface area contributed by atoms with Gasteiger partial charge in [-0.05, 0) is 25.3 Å². The third kappa shape index (κ3) is 5.92. The van der Waals surface area contributed by atoms with Crippen molar-refractivity contribution in [3.8, 4) is 0 Å². The zero-order chi connectivity index (χ0) is 19.1. The van der Waals surface area contributed by atoms with Crippen LogP contribution in [0.5, 0.6) is 0 Å². The van der Waals surface area contributed by atoms with Gasteiger partial charge in [0.2, 0.25) is 5.91 Å². The molecule has 3 rings (SSSR count). The number of aromatic nitrogens is 2. The van der Waals surface area contributed by atoms with Gasteiger partial charge in [0.25, 0.3) is 5.91 Å². The van der Waals surface area contributed by atoms with Crippen molar-refractivity contribution in [1.82, 2.24) is 15.1 Å². The van der Waals surface area contributed by atoms with Crippen molar-refractivity contribution in [2.45, 2.75) is 57.9 Å². The molecular weight excluding hydrogens is 344 g/mol. The van der Waals surface area contributed by atoms with E-state index in [0.717, 1.165) is 18.4 Å². The highest BCUT2D eigenvalue weighted by atomic mass is 16.5. The zero-order valence-electron chi connectivity index (χ0n) is 15.6. The summed E-state index contributed by atoms with van der Waals surface area (Å²) in [5.41, 5.74) is 1.56. The first-order valence-electron chi connectivity index (χ1n) is 9.38. The maximum Gasteiger partial charge on any atom is 0.253 e. The molecule has 1 atom stereocenters. The molecule has 7 nitrogen and oxygen atoms in total. The Morgan fingerprint density at radius 1 is 1.26 bits per heavy atom. The van der Waals surface area contributed by atoms with E-state index >= 15 is 0 Å². The van der Waals surface area contributed by atoms with Gasteiger partial charge in [-0.3, -0.25) is 14.3 Å². The Morgan fingerprint density at radius 3 is 2.74 bits per heavy atom. The fourth-order valence-electron chi connectivity index (χ4n) is 3.12. The molecule has 2 N–H and O–H groups in total. The molecule has 2 amide bonds. The quantitative estimate of drug-likeness (QED) is 0.748. The summed E-state index contributed by atoms with van der Waals surface area (Å²) < 4.78 is 7.13. The number of hydrogen-bond acceptors (Lipinski definition) is 4. The maximum absolute atomic E-state index is 12.2. The van der Waals surface area contributed by atoms with E-state index in [9.17, 15) is 9.59 Å². The molecule has 0 saturated heterocycles. The summed E-state index contributed by atoms with van der Waals surface area (Å²) >= 11 is 0. The number of hydrogen-bond donors (Lipinski definition) is 2. The van der Waals surface area contributed by atoms with Crippen LogP contribution < -0.4 is 10.6 Å². The summed E-state index contributed by atoms with van der Waals surface area (Å²) in [5.74, 6) is -0.302. The number of ether oxygens (including phenoxy) is 1. The molecule has 0 radical (unpaired) electrons. The van der Waals surface area contributed by atoms with Gasteiger partial charge in [0, 0.05) is 12.2 Å². The largest absolute Gasteiger partial charge is 0.364 e. The van der Waals surface area contributed by atoms with Crippen LogP contribution in [0, 0.1) is 0 Å². The SMILES string of the molecule is CC(OCc1ccccc1)C(=O)Nc1cnn(CC(=O)NC2CCCC2)c1. The predicted molar refractivity (Wildman–Crippen MR) is 102 cm³/mol. The van der Waals surface area contributed by atoms with Crippen molar-refractivity contribution in [2.24, 2.45) is 0 Å². The van der Waals surface area contributed by atoms with E-state index in [4.69, 9.17) is 4.74 Å². The minimum Gasteiger partial charge on any atom is -0.364 e. The third-order valence-corrected chi connectivity index (χ3v) is 4.64. The highest BCUT2D eigenvalue weighted by molar-refractivity contribution is 5.93. The van der Waals surface area contributed by atoms with Crippen molar-refractivity contribution < 1.29 is 14.3 Å². The lowest BCUT2D eigenvalue weighted by Crippen LogP contribution is -2.35. The standard InChI is InChI=1S/C20H26N4O3/c1-15(27-14-16-7-3-2-4-8-16)20(26)23-18-11-21-24(12-18)13-19(25)22-17-9-5-6-10-17/h2-4,7-8,11-12,15,17H,5-6,9-10,13-14H2,1H3,(H,22,25)(H,23,26). The average molecular weight is 370 g/mol. The number of benzene rings is 1. The zero-order valence-corrected chi connectivity index (χ0v) is 15.6. The number of anilines is 1. The van der Waals surface area contributed by atoms with E-state index in [1.165, 1.54) is 23.7 Å². The Bertz CT molecular complexity index is 754. The highest BCUT2D eigenvalue weighted by Gasteiger charge is 2.18. The van der Waals surface area contributed by atoms with Crippen LogP contribution in [0.3, 0.4) is 0 Å². The second kappa shape index (κ2) is 9.32. The monoisotopic (exact) mass is 370 g/mol. The summed E-state index contributed by atoms with van der Waals surface area (Å²) in [4.78, 5) is 24.3. The van der Waals surface area contributed by atoms with Crippen LogP contribution in [0.15, 0.2) is 42.7 Å². The Hall–Kier alpha value is -2.67. The van der Waals surface area contributed by atoms with Gasteiger partial charge in [-0.2, -0.15) is 5.10 Å². The van der Waals surface area contributed by atoms with Gasteiger partial charge in [-0.1, -0.05) is 43.2 Å². The summed E-state index contributed by atoms with van der Waals surface area (Å²) in [7, 11) is 0. The number of carbonyl (C=O) groups excluding carboxylic acids is 2. The van der Waals surface area contributed by atoms with Gasteiger partial charge in [0.05, 0.1) is 18.5 Å². The van der Waals surface area contributed by atoms with Crippen LogP contribution in [0.1, 0.15) is 38.2 Å². The van der Waals surface area contributed by atoms with E-state index < -0.39 is 6.10 Å². The number of nitrogens with one attached hydrogen (secondary N) is 2. The summed E-state index contributed by atoms with van der Waals surface area (Å²) in [6.07, 6.45) is 7.03. The predicted octanol–water partition coefficient (Wildman–Crippen LogP) is 2.49. The Balaban J connectivity index is 1.43. The van der Waals surface area contributed by atoms with Crippen molar-refractivity contribution in [3.63, 3.8) is 0 Å². The fourth-order valence-corrected chi connectivity index (χ4v) is 3.12. The van der Waals surface area contributed by atoms with Crippen LogP contribution in [0.4, 0.5) is 5.69 Å². The minimum absolute atomic E-state index is 0.0533. The van der Waals surface area contributed by atoms with Gasteiger partial charge >= 0.3 is 0 Å². The van der Waals surface area contributed by atoms with E-state index in [1.807, 2.05) is 30.3 Å². The lowest BCUT2D eigenvalue weighted by atomic mass is 10.2. The van der Waals surface area contributed by atoms with Crippen LogP contribution in [0.2, 0.25) is 0 Å². The van der Waals surface area contributed by atoms with Crippen molar-refractivity contribution in [2.75, 3.05) is 5.32 Å². The molecule has 27 heavy (non-hydrogen) atoms. The molecule has 1 fully saturated rings. The molecule has 1 aromatic carbocycles. The fraction of sp³-hybridized carbons (Fsp3) is 0.450. The maximum atomic E-state index is 12.2. The smallest absolute Gasteiger partial charge is 0.253 e. The van der Waals surface area contributed by atoms with Gasteiger partial charge in [0.15, 0.2) is 0 Å². The van der Waals surface area contributed by atoms with E-state index in [-0.39, 0.29) is 24.4 Å². The van der Waals surface area contributed by atoms with Crippen LogP contribution >= 0.6 is 0 Å². The molecule has 1 aliphatic rings. The average Bonchev–Trinajstić information content (AvgIpc) is 3.32.